The number of methoxy groups -OCH3 is 3. The van der Waals surface area contributed by atoms with Gasteiger partial charge in [0.05, 0.1) is 27.9 Å². The highest BCUT2D eigenvalue weighted by Crippen LogP contribution is 2.21. The van der Waals surface area contributed by atoms with E-state index >= 15 is 0 Å². The molecule has 0 aliphatic heterocycles. The minimum Gasteiger partial charge on any atom is -0.497 e. The molecule has 0 heterocycles. The number of esters is 1. The Hall–Kier alpha value is -3.22. The first-order chi connectivity index (χ1) is 13.6. The highest BCUT2D eigenvalue weighted by molar-refractivity contribution is 5.92. The zero-order valence-corrected chi connectivity index (χ0v) is 16.3. The van der Waals surface area contributed by atoms with E-state index in [0.717, 1.165) is 17.1 Å². The van der Waals surface area contributed by atoms with Crippen LogP contribution >= 0.6 is 0 Å². The van der Waals surface area contributed by atoms with Gasteiger partial charge in [-0.25, -0.2) is 4.79 Å². The Balaban J connectivity index is 1.75. The summed E-state index contributed by atoms with van der Waals surface area (Å²) in [6.45, 7) is 0.751. The predicted molar refractivity (Wildman–Crippen MR) is 104 cm³/mol. The molecule has 0 bridgehead atoms. The normalized spacial score (nSPS) is 10.1. The molecule has 0 atom stereocenters. The van der Waals surface area contributed by atoms with Crippen molar-refractivity contribution >= 4 is 11.9 Å². The zero-order chi connectivity index (χ0) is 20.4. The van der Waals surface area contributed by atoms with Gasteiger partial charge in [-0.05, 0) is 48.4 Å². The van der Waals surface area contributed by atoms with Crippen LogP contribution in [0.3, 0.4) is 0 Å². The van der Waals surface area contributed by atoms with Gasteiger partial charge in [0.1, 0.15) is 22.8 Å². The van der Waals surface area contributed by atoms with E-state index < -0.39 is 5.97 Å². The fraction of sp³-hybridized carbons (Fsp3) is 0.333. The first kappa shape index (κ1) is 21.1. The Morgan fingerprint density at radius 2 is 1.64 bits per heavy atom. The van der Waals surface area contributed by atoms with E-state index in [-0.39, 0.29) is 5.91 Å². The van der Waals surface area contributed by atoms with Crippen LogP contribution in [0.5, 0.6) is 17.2 Å². The molecule has 2 rings (SSSR count). The lowest BCUT2D eigenvalue weighted by atomic mass is 10.1. The number of benzene rings is 2. The quantitative estimate of drug-likeness (QED) is 0.499. The van der Waals surface area contributed by atoms with Gasteiger partial charge in [0.15, 0.2) is 0 Å². The van der Waals surface area contributed by atoms with Gasteiger partial charge in [-0.2, -0.15) is 0 Å². The number of carbonyl (C=O) groups is 2. The van der Waals surface area contributed by atoms with Crippen LogP contribution in [-0.4, -0.2) is 39.8 Å². The summed E-state index contributed by atoms with van der Waals surface area (Å²) in [6, 6.07) is 12.4. The van der Waals surface area contributed by atoms with Crippen LogP contribution in [0, 0.1) is 0 Å². The van der Waals surface area contributed by atoms with E-state index in [4.69, 9.17) is 18.9 Å². The number of hydrogen-bond donors (Lipinski definition) is 1. The van der Waals surface area contributed by atoms with Gasteiger partial charge in [-0.15, -0.1) is 0 Å². The maximum Gasteiger partial charge on any atom is 0.341 e. The summed E-state index contributed by atoms with van der Waals surface area (Å²) in [5, 5.41) is 2.83. The third-order valence-electron chi connectivity index (χ3n) is 4.04. The Morgan fingerprint density at radius 1 is 0.929 bits per heavy atom. The Morgan fingerprint density at radius 3 is 2.29 bits per heavy atom. The standard InChI is InChI=1S/C21H25NO6/c1-25-16-7-9-17(10-8-16)28-12-4-5-20(23)22-14-15-6-11-19(26-2)18(13-15)21(24)27-3/h6-11,13H,4-5,12,14H2,1-3H3,(H,22,23). The average Bonchev–Trinajstić information content (AvgIpc) is 2.74. The second-order valence-corrected chi connectivity index (χ2v) is 5.93. The molecule has 1 N–H and O–H groups in total. The van der Waals surface area contributed by atoms with Crippen molar-refractivity contribution in [1.29, 1.82) is 0 Å². The van der Waals surface area contributed by atoms with Gasteiger partial charge in [0.25, 0.3) is 0 Å². The number of nitrogens with one attached hydrogen (secondary N) is 1. The molecule has 0 aliphatic carbocycles. The van der Waals surface area contributed by atoms with Crippen LogP contribution in [0.2, 0.25) is 0 Å². The summed E-state index contributed by atoms with van der Waals surface area (Å²) in [5.74, 6) is 1.35. The van der Waals surface area contributed by atoms with Gasteiger partial charge in [0.2, 0.25) is 5.91 Å². The Kier molecular flexibility index (Phi) is 8.14. The lowest BCUT2D eigenvalue weighted by molar-refractivity contribution is -0.121. The van der Waals surface area contributed by atoms with Gasteiger partial charge in [-0.1, -0.05) is 6.07 Å². The van der Waals surface area contributed by atoms with Crippen LogP contribution in [0.1, 0.15) is 28.8 Å². The van der Waals surface area contributed by atoms with Gasteiger partial charge in [0, 0.05) is 13.0 Å². The van der Waals surface area contributed by atoms with Crippen molar-refractivity contribution in [3.63, 3.8) is 0 Å². The molecule has 2 aromatic carbocycles. The molecular weight excluding hydrogens is 362 g/mol. The van der Waals surface area contributed by atoms with E-state index in [9.17, 15) is 9.59 Å². The number of rotatable bonds is 10. The molecule has 0 aromatic heterocycles. The minimum absolute atomic E-state index is 0.0891. The van der Waals surface area contributed by atoms with Crippen LogP contribution in [0.4, 0.5) is 0 Å². The largest absolute Gasteiger partial charge is 0.497 e. The minimum atomic E-state index is -0.485. The van der Waals surface area contributed by atoms with Crippen molar-refractivity contribution in [2.45, 2.75) is 19.4 Å². The molecule has 0 saturated heterocycles. The van der Waals surface area contributed by atoms with Crippen LogP contribution in [0.15, 0.2) is 42.5 Å². The van der Waals surface area contributed by atoms with E-state index in [2.05, 4.69) is 5.32 Å². The number of hydrogen-bond acceptors (Lipinski definition) is 6. The second-order valence-electron chi connectivity index (χ2n) is 5.93. The van der Waals surface area contributed by atoms with Crippen molar-refractivity contribution < 1.29 is 28.5 Å². The number of amides is 1. The third kappa shape index (κ3) is 6.19. The van der Waals surface area contributed by atoms with Crippen molar-refractivity contribution in [3.8, 4) is 17.2 Å². The van der Waals surface area contributed by atoms with Crippen LogP contribution in [0.25, 0.3) is 0 Å². The highest BCUT2D eigenvalue weighted by atomic mass is 16.5. The molecule has 2 aromatic rings. The summed E-state index contributed by atoms with van der Waals surface area (Å²) in [6.07, 6.45) is 0.935. The van der Waals surface area contributed by atoms with E-state index in [1.807, 2.05) is 24.3 Å². The van der Waals surface area contributed by atoms with E-state index in [0.29, 0.717) is 37.3 Å². The molecule has 7 heteroatoms. The summed E-state index contributed by atoms with van der Waals surface area (Å²) < 4.78 is 20.6. The lowest BCUT2D eigenvalue weighted by Crippen LogP contribution is -2.23. The third-order valence-corrected chi connectivity index (χ3v) is 4.04. The molecule has 0 unspecified atom stereocenters. The summed E-state index contributed by atoms with van der Waals surface area (Å²) in [4.78, 5) is 23.8. The Bertz CT molecular complexity index is 788. The predicted octanol–water partition coefficient (Wildman–Crippen LogP) is 2.97. The van der Waals surface area contributed by atoms with Crippen molar-refractivity contribution in [1.82, 2.24) is 5.32 Å². The smallest absolute Gasteiger partial charge is 0.341 e. The molecule has 1 amide bonds. The van der Waals surface area contributed by atoms with E-state index in [1.54, 1.807) is 25.3 Å². The van der Waals surface area contributed by atoms with Gasteiger partial charge >= 0.3 is 5.97 Å². The fourth-order valence-electron chi connectivity index (χ4n) is 2.52. The average molecular weight is 387 g/mol. The zero-order valence-electron chi connectivity index (χ0n) is 16.3. The SMILES string of the molecule is COC(=O)c1cc(CNC(=O)CCCOc2ccc(OC)cc2)ccc1OC. The monoisotopic (exact) mass is 387 g/mol. The summed E-state index contributed by atoms with van der Waals surface area (Å²) in [5.41, 5.74) is 1.11. The van der Waals surface area contributed by atoms with Crippen molar-refractivity contribution in [2.75, 3.05) is 27.9 Å². The highest BCUT2D eigenvalue weighted by Gasteiger charge is 2.13. The topological polar surface area (TPSA) is 83.1 Å². The van der Waals surface area contributed by atoms with Crippen molar-refractivity contribution in [2.24, 2.45) is 0 Å². The van der Waals surface area contributed by atoms with Crippen LogP contribution < -0.4 is 19.5 Å². The molecule has 0 spiro atoms. The fourth-order valence-corrected chi connectivity index (χ4v) is 2.52. The summed E-state index contributed by atoms with van der Waals surface area (Å²) >= 11 is 0. The Labute approximate surface area is 164 Å². The molecule has 7 nitrogen and oxygen atoms in total. The molecule has 0 fully saturated rings. The van der Waals surface area contributed by atoms with Gasteiger partial charge in [-0.3, -0.25) is 4.79 Å². The lowest BCUT2D eigenvalue weighted by Gasteiger charge is -2.10. The molecule has 0 radical (unpaired) electrons. The maximum atomic E-state index is 12.0. The van der Waals surface area contributed by atoms with Gasteiger partial charge < -0.3 is 24.3 Å². The molecule has 0 aliphatic rings. The second kappa shape index (κ2) is 10.8. The number of carbonyl (C=O) groups excluding carboxylic acids is 2. The molecular formula is C21H25NO6. The molecule has 28 heavy (non-hydrogen) atoms. The maximum absolute atomic E-state index is 12.0. The summed E-state index contributed by atoms with van der Waals surface area (Å²) in [7, 11) is 4.40. The van der Waals surface area contributed by atoms with Crippen LogP contribution in [-0.2, 0) is 16.1 Å². The molecule has 0 saturated carbocycles. The first-order valence-electron chi connectivity index (χ1n) is 8.86. The molecule has 150 valence electrons. The first-order valence-corrected chi connectivity index (χ1v) is 8.86. The van der Waals surface area contributed by atoms with Crippen molar-refractivity contribution in [3.05, 3.63) is 53.6 Å². The van der Waals surface area contributed by atoms with E-state index in [1.165, 1.54) is 14.2 Å². The number of ether oxygens (including phenoxy) is 4.